The van der Waals surface area contributed by atoms with Crippen LogP contribution in [0.15, 0.2) is 54.1 Å². The van der Waals surface area contributed by atoms with Crippen LogP contribution >= 0.6 is 0 Å². The molecule has 0 fully saturated rings. The molecule has 1 aliphatic carbocycles. The van der Waals surface area contributed by atoms with E-state index in [4.69, 9.17) is 13.0 Å². The third kappa shape index (κ3) is 3.13. The van der Waals surface area contributed by atoms with E-state index in [1.54, 1.807) is 12.1 Å². The van der Waals surface area contributed by atoms with Crippen LogP contribution in [0.3, 0.4) is 0 Å². The first-order valence-electron chi connectivity index (χ1n) is 12.2. The lowest BCUT2D eigenvalue weighted by Gasteiger charge is -2.46. The second-order valence-electron chi connectivity index (χ2n) is 7.53. The monoisotopic (exact) mass is 354 g/mol. The molecule has 2 aliphatic rings. The van der Waals surface area contributed by atoms with Crippen LogP contribution in [0.5, 0.6) is 11.5 Å². The Morgan fingerprint density at radius 2 is 1.92 bits per heavy atom. The molecular formula is C24H28O2. The molecule has 0 radical (unpaired) electrons. The van der Waals surface area contributed by atoms with E-state index in [0.717, 1.165) is 23.1 Å². The number of rotatable bonds is 3. The van der Waals surface area contributed by atoms with Crippen LogP contribution in [-0.4, -0.2) is 10.7 Å². The molecule has 1 aliphatic heterocycles. The summed E-state index contributed by atoms with van der Waals surface area (Å²) in [6.45, 7) is -3.79. The van der Waals surface area contributed by atoms with Crippen molar-refractivity contribution in [3.05, 3.63) is 70.8 Å². The van der Waals surface area contributed by atoms with E-state index < -0.39 is 31.1 Å². The van der Waals surface area contributed by atoms with Gasteiger partial charge in [-0.15, -0.1) is 0 Å². The molecule has 2 aromatic carbocycles. The number of fused-ring (bicyclic) bond motifs is 3. The van der Waals surface area contributed by atoms with Gasteiger partial charge in [0, 0.05) is 25.6 Å². The molecule has 2 nitrogen and oxygen atoms in total. The second kappa shape index (κ2) is 6.50. The Bertz CT molecular complexity index is 1010. The first kappa shape index (κ1) is 11.5. The van der Waals surface area contributed by atoms with Gasteiger partial charge in [-0.3, -0.25) is 0 Å². The molecule has 0 spiro atoms. The third-order valence-electron chi connectivity index (χ3n) is 5.60. The maximum Gasteiger partial charge on any atom is 0.127 e. The Morgan fingerprint density at radius 1 is 1.15 bits per heavy atom. The number of aromatic hydroxyl groups is 1. The number of phenolic OH excluding ortho intramolecular Hbond substituents is 1. The molecule has 26 heavy (non-hydrogen) atoms. The predicted molar refractivity (Wildman–Crippen MR) is 106 cm³/mol. The summed E-state index contributed by atoms with van der Waals surface area (Å²) in [6.07, 6.45) is 4.22. The van der Waals surface area contributed by atoms with Crippen LogP contribution in [0.4, 0.5) is 0 Å². The standard InChI is InChI=1S/C24H28O2/c1-16-9-12-20-19(13-16)23-21(25)14-18(15-22(23)26-24(20,2)3)11-10-17-7-5-4-6-8-17/h4-8,13-15,19-20,25H,9-12H2,1-3H3/i2D3,3D3. The van der Waals surface area contributed by atoms with Gasteiger partial charge in [-0.25, -0.2) is 0 Å². The molecular weight excluding hydrogens is 320 g/mol. The van der Waals surface area contributed by atoms with Crippen LogP contribution in [0.2, 0.25) is 0 Å². The zero-order valence-corrected chi connectivity index (χ0v) is 15.0. The number of ether oxygens (including phenoxy) is 1. The average molecular weight is 355 g/mol. The molecule has 4 rings (SSSR count). The lowest BCUT2D eigenvalue weighted by Crippen LogP contribution is -2.45. The molecule has 1 N–H and O–H groups in total. The maximum atomic E-state index is 10.9. The molecule has 2 aromatic rings. The smallest absolute Gasteiger partial charge is 0.127 e. The van der Waals surface area contributed by atoms with E-state index in [9.17, 15) is 5.11 Å². The van der Waals surface area contributed by atoms with Crippen molar-refractivity contribution in [1.82, 2.24) is 0 Å². The van der Waals surface area contributed by atoms with E-state index in [-0.39, 0.29) is 11.5 Å². The molecule has 0 amide bonds. The zero-order valence-electron chi connectivity index (χ0n) is 21.0. The highest BCUT2D eigenvalue weighted by atomic mass is 16.5. The van der Waals surface area contributed by atoms with Crippen molar-refractivity contribution in [3.63, 3.8) is 0 Å². The van der Waals surface area contributed by atoms with Gasteiger partial charge in [-0.1, -0.05) is 42.0 Å². The Labute approximate surface area is 165 Å². The van der Waals surface area contributed by atoms with Crippen molar-refractivity contribution in [2.45, 2.75) is 57.8 Å². The lowest BCUT2D eigenvalue weighted by atomic mass is 9.68. The second-order valence-corrected chi connectivity index (χ2v) is 7.53. The first-order chi connectivity index (χ1) is 14.9. The fourth-order valence-corrected chi connectivity index (χ4v) is 4.22. The van der Waals surface area contributed by atoms with Crippen molar-refractivity contribution in [2.24, 2.45) is 5.92 Å². The van der Waals surface area contributed by atoms with Gasteiger partial charge < -0.3 is 9.84 Å². The fraction of sp³-hybridized carbons (Fsp3) is 0.417. The van der Waals surface area contributed by atoms with Gasteiger partial charge in [0.2, 0.25) is 0 Å². The number of hydrogen-bond acceptors (Lipinski definition) is 2. The van der Waals surface area contributed by atoms with Gasteiger partial charge in [0.15, 0.2) is 0 Å². The first-order valence-corrected chi connectivity index (χ1v) is 9.20. The van der Waals surface area contributed by atoms with Crippen molar-refractivity contribution in [2.75, 3.05) is 0 Å². The third-order valence-corrected chi connectivity index (χ3v) is 5.60. The van der Waals surface area contributed by atoms with Gasteiger partial charge >= 0.3 is 0 Å². The number of aryl methyl sites for hydroxylation is 2. The molecule has 2 heteroatoms. The minimum atomic E-state index is -2.87. The van der Waals surface area contributed by atoms with Crippen molar-refractivity contribution < 1.29 is 18.1 Å². The number of hydrogen-bond donors (Lipinski definition) is 1. The summed E-state index contributed by atoms with van der Waals surface area (Å²) in [6, 6.07) is 13.3. The van der Waals surface area contributed by atoms with E-state index in [0.29, 0.717) is 24.8 Å². The topological polar surface area (TPSA) is 29.5 Å². The van der Waals surface area contributed by atoms with Gasteiger partial charge in [0.1, 0.15) is 17.1 Å². The van der Waals surface area contributed by atoms with E-state index >= 15 is 0 Å². The van der Waals surface area contributed by atoms with Crippen LogP contribution in [0, 0.1) is 5.92 Å². The summed E-state index contributed by atoms with van der Waals surface area (Å²) < 4.78 is 55.3. The normalized spacial score (nSPS) is 27.8. The van der Waals surface area contributed by atoms with Crippen molar-refractivity contribution >= 4 is 0 Å². The molecule has 0 aromatic heterocycles. The zero-order chi connectivity index (χ0) is 23.3. The molecule has 2 atom stereocenters. The maximum absolute atomic E-state index is 10.9. The van der Waals surface area contributed by atoms with Gasteiger partial charge in [0.05, 0.1) is 0 Å². The van der Waals surface area contributed by atoms with Gasteiger partial charge in [-0.05, 0) is 69.6 Å². The average Bonchev–Trinajstić information content (AvgIpc) is 2.70. The summed E-state index contributed by atoms with van der Waals surface area (Å²) in [5.41, 5.74) is 1.11. The van der Waals surface area contributed by atoms with Crippen LogP contribution < -0.4 is 4.74 Å². The van der Waals surface area contributed by atoms with E-state index in [1.807, 2.05) is 43.3 Å². The SMILES string of the molecule is [2H]C([2H])([2H])C1(C([2H])([2H])[2H])Oc2cc(CCc3ccccc3)cc(O)c2C2C=C(C)CCC21. The minimum absolute atomic E-state index is 0.0243. The number of benzene rings is 2. The largest absolute Gasteiger partial charge is 0.507 e. The van der Waals surface area contributed by atoms with Crippen molar-refractivity contribution in [3.8, 4) is 11.5 Å². The molecule has 136 valence electrons. The number of phenols is 1. The molecule has 0 saturated heterocycles. The van der Waals surface area contributed by atoms with E-state index in [2.05, 4.69) is 0 Å². The highest BCUT2D eigenvalue weighted by Crippen LogP contribution is 2.53. The highest BCUT2D eigenvalue weighted by molar-refractivity contribution is 5.54. The summed E-state index contributed by atoms with van der Waals surface area (Å²) in [5.74, 6) is -1.14. The highest BCUT2D eigenvalue weighted by Gasteiger charge is 2.45. The van der Waals surface area contributed by atoms with Gasteiger partial charge in [0.25, 0.3) is 0 Å². The van der Waals surface area contributed by atoms with E-state index in [1.165, 1.54) is 0 Å². The van der Waals surface area contributed by atoms with Gasteiger partial charge in [-0.2, -0.15) is 0 Å². The Balaban J connectivity index is 1.82. The summed E-state index contributed by atoms with van der Waals surface area (Å²) in [5, 5.41) is 10.9. The molecule has 0 saturated carbocycles. The lowest BCUT2D eigenvalue weighted by molar-refractivity contribution is 0.0107. The van der Waals surface area contributed by atoms with Crippen LogP contribution in [0.1, 0.15) is 64.3 Å². The quantitative estimate of drug-likeness (QED) is 0.707. The fourth-order valence-electron chi connectivity index (χ4n) is 4.22. The molecule has 0 bridgehead atoms. The Morgan fingerprint density at radius 3 is 2.69 bits per heavy atom. The summed E-state index contributed by atoms with van der Waals surface area (Å²) in [7, 11) is 0. The number of allylic oxidation sites excluding steroid dienone is 2. The van der Waals surface area contributed by atoms with Crippen LogP contribution in [-0.2, 0) is 12.8 Å². The van der Waals surface area contributed by atoms with Crippen LogP contribution in [0.25, 0.3) is 0 Å². The minimum Gasteiger partial charge on any atom is -0.507 e. The Kier molecular flexibility index (Phi) is 2.87. The predicted octanol–water partition coefficient (Wildman–Crippen LogP) is 5.79. The molecule has 1 heterocycles. The molecule has 2 unspecified atom stereocenters. The Hall–Kier alpha value is -2.22. The van der Waals surface area contributed by atoms with Crippen molar-refractivity contribution in [1.29, 1.82) is 0 Å². The summed E-state index contributed by atoms with van der Waals surface area (Å²) in [4.78, 5) is 0. The summed E-state index contributed by atoms with van der Waals surface area (Å²) >= 11 is 0.